The average molecular weight is 466 g/mol. The lowest BCUT2D eigenvalue weighted by Gasteiger charge is -2.24. The Morgan fingerprint density at radius 3 is 2.64 bits per heavy atom. The standard InChI is InChI=1S/C24H34F3N5O/c1-18(21-5-4-12-31(2)15-21)14-28-11-10-19-6-8-20(9-7-19)17-33-32(3)16-22-13-23(30-29-22)24(25,26)27/h4-9,12-13,18,22,28-30H,10-11,14-17H2,1-3H3. The normalized spacial score (nSPS) is 19.5. The second kappa shape index (κ2) is 11.7. The van der Waals surface area contributed by atoms with Crippen molar-refractivity contribution in [2.45, 2.75) is 32.2 Å². The summed E-state index contributed by atoms with van der Waals surface area (Å²) in [4.78, 5) is 7.86. The van der Waals surface area contributed by atoms with Crippen LogP contribution in [0.15, 0.2) is 60.0 Å². The van der Waals surface area contributed by atoms with Crippen LogP contribution < -0.4 is 16.2 Å². The van der Waals surface area contributed by atoms with E-state index in [-0.39, 0.29) is 6.54 Å². The van der Waals surface area contributed by atoms with E-state index >= 15 is 0 Å². The lowest BCUT2D eigenvalue weighted by atomic mass is 9.98. The van der Waals surface area contributed by atoms with Crippen LogP contribution in [-0.4, -0.2) is 62.5 Å². The molecule has 0 radical (unpaired) electrons. The Labute approximate surface area is 194 Å². The zero-order valence-electron chi connectivity index (χ0n) is 19.5. The van der Waals surface area contributed by atoms with Crippen LogP contribution >= 0.6 is 0 Å². The van der Waals surface area contributed by atoms with E-state index < -0.39 is 17.9 Å². The van der Waals surface area contributed by atoms with Crippen LogP contribution in [0.1, 0.15) is 18.1 Å². The first-order valence-electron chi connectivity index (χ1n) is 11.2. The number of alkyl halides is 3. The highest BCUT2D eigenvalue weighted by Crippen LogP contribution is 2.25. The highest BCUT2D eigenvalue weighted by molar-refractivity contribution is 5.23. The Morgan fingerprint density at radius 2 is 1.97 bits per heavy atom. The number of hydroxylamine groups is 2. The molecule has 0 bridgehead atoms. The van der Waals surface area contributed by atoms with Crippen molar-refractivity contribution in [2.24, 2.45) is 5.92 Å². The Morgan fingerprint density at radius 1 is 1.24 bits per heavy atom. The lowest BCUT2D eigenvalue weighted by Crippen LogP contribution is -2.40. The molecule has 2 aliphatic rings. The van der Waals surface area contributed by atoms with Crippen LogP contribution in [-0.2, 0) is 17.9 Å². The third-order valence-corrected chi connectivity index (χ3v) is 5.75. The van der Waals surface area contributed by atoms with Gasteiger partial charge in [0.05, 0.1) is 12.6 Å². The van der Waals surface area contributed by atoms with E-state index in [2.05, 4.69) is 65.5 Å². The fourth-order valence-electron chi connectivity index (χ4n) is 3.74. The predicted molar refractivity (Wildman–Crippen MR) is 124 cm³/mol. The summed E-state index contributed by atoms with van der Waals surface area (Å²) >= 11 is 0. The molecule has 2 atom stereocenters. The molecule has 2 heterocycles. The van der Waals surface area contributed by atoms with Crippen molar-refractivity contribution < 1.29 is 18.0 Å². The fraction of sp³-hybridized carbons (Fsp3) is 0.500. The number of hydrogen-bond donors (Lipinski definition) is 3. The van der Waals surface area contributed by atoms with Crippen molar-refractivity contribution >= 4 is 0 Å². The molecule has 9 heteroatoms. The Hall–Kier alpha value is -2.33. The number of rotatable bonds is 11. The molecule has 2 unspecified atom stereocenters. The van der Waals surface area contributed by atoms with E-state index in [0.717, 1.165) is 37.7 Å². The summed E-state index contributed by atoms with van der Waals surface area (Å²) in [7, 11) is 3.80. The molecular weight excluding hydrogens is 431 g/mol. The summed E-state index contributed by atoms with van der Waals surface area (Å²) in [6, 6.07) is 7.76. The van der Waals surface area contributed by atoms with Gasteiger partial charge in [0.25, 0.3) is 0 Å². The van der Waals surface area contributed by atoms with Crippen LogP contribution in [0.5, 0.6) is 0 Å². The third-order valence-electron chi connectivity index (χ3n) is 5.75. The minimum atomic E-state index is -4.38. The van der Waals surface area contributed by atoms with Gasteiger partial charge in [0.2, 0.25) is 0 Å². The molecule has 3 rings (SSSR count). The largest absolute Gasteiger partial charge is 0.431 e. The van der Waals surface area contributed by atoms with Gasteiger partial charge in [-0.3, -0.25) is 4.84 Å². The van der Waals surface area contributed by atoms with Crippen molar-refractivity contribution in [1.82, 2.24) is 26.1 Å². The van der Waals surface area contributed by atoms with E-state index in [4.69, 9.17) is 4.84 Å². The van der Waals surface area contributed by atoms with E-state index in [0.29, 0.717) is 12.5 Å². The molecule has 6 nitrogen and oxygen atoms in total. The maximum atomic E-state index is 12.7. The molecule has 1 aromatic rings. The second-order valence-corrected chi connectivity index (χ2v) is 8.71. The molecule has 1 aromatic carbocycles. The van der Waals surface area contributed by atoms with Gasteiger partial charge in [0, 0.05) is 33.7 Å². The van der Waals surface area contributed by atoms with E-state index in [1.54, 1.807) is 12.1 Å². The van der Waals surface area contributed by atoms with Gasteiger partial charge < -0.3 is 15.6 Å². The van der Waals surface area contributed by atoms with Gasteiger partial charge in [-0.25, -0.2) is 5.43 Å². The first-order valence-corrected chi connectivity index (χ1v) is 11.2. The monoisotopic (exact) mass is 465 g/mol. The maximum Gasteiger partial charge on any atom is 0.431 e. The highest BCUT2D eigenvalue weighted by Gasteiger charge is 2.37. The summed E-state index contributed by atoms with van der Waals surface area (Å²) in [6.45, 7) is 5.76. The van der Waals surface area contributed by atoms with Gasteiger partial charge >= 0.3 is 6.18 Å². The topological polar surface area (TPSA) is 51.8 Å². The molecule has 2 aliphatic heterocycles. The second-order valence-electron chi connectivity index (χ2n) is 8.71. The van der Waals surface area contributed by atoms with Crippen LogP contribution in [0.25, 0.3) is 0 Å². The minimum absolute atomic E-state index is 0.290. The fourth-order valence-corrected chi connectivity index (χ4v) is 3.74. The number of hydrazine groups is 1. The van der Waals surface area contributed by atoms with Crippen molar-refractivity contribution in [1.29, 1.82) is 0 Å². The van der Waals surface area contributed by atoms with Gasteiger partial charge in [0.15, 0.2) is 0 Å². The molecule has 0 aromatic heterocycles. The number of allylic oxidation sites excluding steroid dienone is 3. The summed E-state index contributed by atoms with van der Waals surface area (Å²) in [6.07, 6.45) is 4.10. The lowest BCUT2D eigenvalue weighted by molar-refractivity contribution is -0.152. The number of hydrogen-bond acceptors (Lipinski definition) is 6. The predicted octanol–water partition coefficient (Wildman–Crippen LogP) is 3.13. The van der Waals surface area contributed by atoms with Crippen molar-refractivity contribution in [3.63, 3.8) is 0 Å². The smallest absolute Gasteiger partial charge is 0.376 e. The SMILES string of the molecule is CC(CNCCc1ccc(CON(C)CC2C=C(C(F)(F)F)NN2)cc1)C1=CC=CN(C)C1. The molecular formula is C24H34F3N5O. The molecule has 0 spiro atoms. The van der Waals surface area contributed by atoms with Gasteiger partial charge in [-0.05, 0) is 53.9 Å². The summed E-state index contributed by atoms with van der Waals surface area (Å²) in [5, 5.41) is 5.09. The zero-order chi connectivity index (χ0) is 23.8. The van der Waals surface area contributed by atoms with Crippen LogP contribution in [0.4, 0.5) is 13.2 Å². The third kappa shape index (κ3) is 8.19. The molecule has 3 N–H and O–H groups in total. The van der Waals surface area contributed by atoms with Gasteiger partial charge in [-0.15, -0.1) is 0 Å². The first kappa shape index (κ1) is 25.3. The van der Waals surface area contributed by atoms with Crippen molar-refractivity contribution in [3.05, 3.63) is 71.1 Å². The van der Waals surface area contributed by atoms with Crippen LogP contribution in [0, 0.1) is 5.92 Å². The van der Waals surface area contributed by atoms with E-state index in [9.17, 15) is 13.2 Å². The summed E-state index contributed by atoms with van der Waals surface area (Å²) < 4.78 is 38.0. The summed E-state index contributed by atoms with van der Waals surface area (Å²) in [5.74, 6) is 0.500. The minimum Gasteiger partial charge on any atom is -0.376 e. The molecule has 33 heavy (non-hydrogen) atoms. The molecule has 0 saturated heterocycles. The van der Waals surface area contributed by atoms with Gasteiger partial charge in [0.1, 0.15) is 5.70 Å². The summed E-state index contributed by atoms with van der Waals surface area (Å²) in [5.41, 5.74) is 7.71. The van der Waals surface area contributed by atoms with E-state index in [1.807, 2.05) is 12.1 Å². The molecule has 0 fully saturated rings. The highest BCUT2D eigenvalue weighted by atomic mass is 19.4. The van der Waals surface area contributed by atoms with Crippen LogP contribution in [0.3, 0.4) is 0 Å². The van der Waals surface area contributed by atoms with E-state index in [1.165, 1.54) is 11.1 Å². The van der Waals surface area contributed by atoms with Crippen molar-refractivity contribution in [2.75, 3.05) is 40.3 Å². The molecule has 182 valence electrons. The molecule has 0 aliphatic carbocycles. The Bertz CT molecular complexity index is 851. The quantitative estimate of drug-likeness (QED) is 0.345. The van der Waals surface area contributed by atoms with Crippen LogP contribution in [0.2, 0.25) is 0 Å². The average Bonchev–Trinajstić information content (AvgIpc) is 3.25. The van der Waals surface area contributed by atoms with Gasteiger partial charge in [-0.2, -0.15) is 18.2 Å². The number of nitrogens with one attached hydrogen (secondary N) is 3. The number of benzene rings is 1. The Kier molecular flexibility index (Phi) is 8.96. The first-order chi connectivity index (χ1) is 15.7. The van der Waals surface area contributed by atoms with Gasteiger partial charge in [-0.1, -0.05) is 37.3 Å². The number of likely N-dealkylation sites (N-methyl/N-ethyl adjacent to an activating group) is 2. The number of nitrogens with zero attached hydrogens (tertiary/aromatic N) is 2. The zero-order valence-corrected chi connectivity index (χ0v) is 19.5. The maximum absolute atomic E-state index is 12.7. The number of halogens is 3. The van der Waals surface area contributed by atoms with Crippen molar-refractivity contribution in [3.8, 4) is 0 Å². The molecule has 0 saturated carbocycles. The molecule has 0 amide bonds. The Balaban J connectivity index is 1.33.